The number of nitrogens with one attached hydrogen (secondary N) is 2. The van der Waals surface area contributed by atoms with E-state index in [-0.39, 0.29) is 24.0 Å². The minimum atomic E-state index is -0.561. The molecule has 0 spiro atoms. The van der Waals surface area contributed by atoms with Crippen molar-refractivity contribution < 1.29 is 24.3 Å². The number of likely N-dealkylation sites (tertiary alicyclic amines) is 1. The van der Waals surface area contributed by atoms with Crippen LogP contribution >= 0.6 is 11.8 Å². The summed E-state index contributed by atoms with van der Waals surface area (Å²) in [6, 6.07) is -0.365. The number of carbonyl (C=O) groups excluding carboxylic acids is 4. The molecule has 0 unspecified atom stereocenters. The minimum absolute atomic E-state index is 0.0378. The largest absolute Gasteiger partial charge is 0.393 e. The summed E-state index contributed by atoms with van der Waals surface area (Å²) in [6.45, 7) is 8.54. The molecule has 8 nitrogen and oxygen atoms in total. The van der Waals surface area contributed by atoms with Crippen LogP contribution in [0.25, 0.3) is 0 Å². The van der Waals surface area contributed by atoms with Crippen LogP contribution in [0, 0.1) is 46.3 Å². The molecule has 9 heteroatoms. The van der Waals surface area contributed by atoms with Crippen molar-refractivity contribution in [3.63, 3.8) is 0 Å². The molecule has 0 radical (unpaired) electrons. The van der Waals surface area contributed by atoms with Crippen LogP contribution in [-0.2, 0) is 19.2 Å². The van der Waals surface area contributed by atoms with Crippen molar-refractivity contribution in [2.24, 2.45) is 46.3 Å². The van der Waals surface area contributed by atoms with Gasteiger partial charge in [0.05, 0.1) is 12.0 Å². The maximum absolute atomic E-state index is 13.1. The third-order valence-electron chi connectivity index (χ3n) is 14.3. The summed E-state index contributed by atoms with van der Waals surface area (Å²) in [4.78, 5) is 52.6. The van der Waals surface area contributed by atoms with Crippen LogP contribution in [-0.4, -0.2) is 70.8 Å². The summed E-state index contributed by atoms with van der Waals surface area (Å²) < 4.78 is 0. The quantitative estimate of drug-likeness (QED) is 0.144. The fourth-order valence-electron chi connectivity index (χ4n) is 11.8. The van der Waals surface area contributed by atoms with Crippen molar-refractivity contribution in [1.29, 1.82) is 0 Å². The molecule has 5 fully saturated rings. The van der Waals surface area contributed by atoms with Crippen LogP contribution in [0.4, 0.5) is 0 Å². The number of hydrogen-bond donors (Lipinski definition) is 3. The molecule has 6 aliphatic rings. The molecular weight excluding hydrogens is 623 g/mol. The third kappa shape index (κ3) is 6.80. The molecule has 5 aliphatic carbocycles. The number of ketones is 2. The van der Waals surface area contributed by atoms with E-state index < -0.39 is 11.6 Å². The van der Waals surface area contributed by atoms with Gasteiger partial charge in [0.2, 0.25) is 23.4 Å². The van der Waals surface area contributed by atoms with Gasteiger partial charge in [-0.05, 0) is 148 Å². The van der Waals surface area contributed by atoms with Gasteiger partial charge in [-0.15, -0.1) is 11.8 Å². The summed E-state index contributed by atoms with van der Waals surface area (Å²) in [6.07, 6.45) is 19.0. The lowest BCUT2D eigenvalue weighted by Crippen LogP contribution is -2.54. The number of aliphatic hydroxyl groups excluding tert-OH is 1. The van der Waals surface area contributed by atoms with E-state index in [0.29, 0.717) is 78.1 Å². The molecule has 4 saturated carbocycles. The molecule has 266 valence electrons. The van der Waals surface area contributed by atoms with E-state index >= 15 is 0 Å². The first-order valence-electron chi connectivity index (χ1n) is 18.9. The molecule has 0 bridgehead atoms. The second-order valence-electron chi connectivity index (χ2n) is 16.7. The molecule has 1 saturated heterocycles. The average molecular weight is 682 g/mol. The van der Waals surface area contributed by atoms with E-state index in [0.717, 1.165) is 43.4 Å². The predicted molar refractivity (Wildman–Crippen MR) is 190 cm³/mol. The number of allylic oxidation sites excluding steroid dienone is 3. The van der Waals surface area contributed by atoms with Crippen LogP contribution in [0.1, 0.15) is 111 Å². The highest BCUT2D eigenvalue weighted by molar-refractivity contribution is 7.98. The number of thioether (sulfide) groups is 1. The molecular formula is C39H59N3O5S. The van der Waals surface area contributed by atoms with Gasteiger partial charge in [0.1, 0.15) is 6.04 Å². The van der Waals surface area contributed by atoms with Gasteiger partial charge in [-0.1, -0.05) is 20.8 Å². The van der Waals surface area contributed by atoms with Gasteiger partial charge >= 0.3 is 0 Å². The Morgan fingerprint density at radius 2 is 1.73 bits per heavy atom. The number of fused-ring (bicyclic) bond motifs is 5. The molecule has 1 heterocycles. The normalized spacial score (nSPS) is 38.4. The van der Waals surface area contributed by atoms with Crippen molar-refractivity contribution in [3.8, 4) is 0 Å². The first kappa shape index (κ1) is 35.7. The number of amides is 2. The second-order valence-corrected chi connectivity index (χ2v) is 17.5. The summed E-state index contributed by atoms with van der Waals surface area (Å²) in [5.74, 6) is 3.64. The maximum atomic E-state index is 13.1. The van der Waals surface area contributed by atoms with E-state index in [1.54, 1.807) is 11.8 Å². The number of aliphatic hydroxyl groups is 1. The molecule has 6 rings (SSSR count). The van der Waals surface area contributed by atoms with Crippen LogP contribution in [0.3, 0.4) is 0 Å². The van der Waals surface area contributed by atoms with Crippen molar-refractivity contribution in [1.82, 2.24) is 15.5 Å². The Kier molecular flexibility index (Phi) is 10.9. The maximum Gasteiger partial charge on any atom is 0.243 e. The number of carbonyl (C=O) groups is 4. The summed E-state index contributed by atoms with van der Waals surface area (Å²) >= 11 is 1.54. The van der Waals surface area contributed by atoms with E-state index in [9.17, 15) is 24.3 Å². The van der Waals surface area contributed by atoms with E-state index in [1.165, 1.54) is 57.1 Å². The Morgan fingerprint density at radius 1 is 0.979 bits per heavy atom. The fraction of sp³-hybridized carbons (Fsp3) is 0.795. The summed E-state index contributed by atoms with van der Waals surface area (Å²) in [5, 5.41) is 16.4. The number of nitrogens with zero attached hydrogens (tertiary/aromatic N) is 1. The van der Waals surface area contributed by atoms with Gasteiger partial charge in [0.25, 0.3) is 0 Å². The minimum Gasteiger partial charge on any atom is -0.393 e. The Balaban J connectivity index is 1.00. The SMILES string of the molecule is CSCNC(=O)[C@@H]1CCCN1C1=CC(=O)C(=O)C=C1CCNC(=O)CC[C@@H](C)[C@H]1CC[C@H]2[C@@H]3CC[C@@H]4C[C@H](O)CC[C@]4(C)[C@H]3CC[C@]12C. The Labute approximate surface area is 292 Å². The van der Waals surface area contributed by atoms with Crippen LogP contribution in [0.15, 0.2) is 23.4 Å². The average Bonchev–Trinajstić information content (AvgIpc) is 3.69. The Morgan fingerprint density at radius 3 is 2.52 bits per heavy atom. The van der Waals surface area contributed by atoms with Gasteiger partial charge in [0.15, 0.2) is 0 Å². The lowest BCUT2D eigenvalue weighted by Gasteiger charge is -2.61. The van der Waals surface area contributed by atoms with Gasteiger partial charge in [-0.2, -0.15) is 0 Å². The molecule has 1 aliphatic heterocycles. The Bertz CT molecular complexity index is 1330. The van der Waals surface area contributed by atoms with Crippen molar-refractivity contribution in [2.75, 3.05) is 25.2 Å². The molecule has 0 aromatic rings. The van der Waals surface area contributed by atoms with Gasteiger partial charge in [-0.3, -0.25) is 19.2 Å². The molecule has 10 atom stereocenters. The second kappa shape index (κ2) is 14.6. The van der Waals surface area contributed by atoms with Crippen LogP contribution in [0.2, 0.25) is 0 Å². The highest BCUT2D eigenvalue weighted by Crippen LogP contribution is 2.68. The topological polar surface area (TPSA) is 116 Å². The number of hydrogen-bond acceptors (Lipinski definition) is 7. The molecule has 2 amide bonds. The smallest absolute Gasteiger partial charge is 0.243 e. The zero-order valence-corrected chi connectivity index (χ0v) is 30.5. The van der Waals surface area contributed by atoms with Gasteiger partial charge < -0.3 is 20.6 Å². The molecule has 0 aromatic heterocycles. The first-order valence-corrected chi connectivity index (χ1v) is 20.3. The monoisotopic (exact) mass is 681 g/mol. The van der Waals surface area contributed by atoms with Crippen molar-refractivity contribution in [3.05, 3.63) is 23.4 Å². The van der Waals surface area contributed by atoms with Crippen LogP contribution in [0.5, 0.6) is 0 Å². The zero-order chi connectivity index (χ0) is 34.2. The lowest BCUT2D eigenvalue weighted by atomic mass is 9.44. The lowest BCUT2D eigenvalue weighted by molar-refractivity contribution is -0.131. The van der Waals surface area contributed by atoms with Gasteiger partial charge in [-0.25, -0.2) is 0 Å². The van der Waals surface area contributed by atoms with Crippen molar-refractivity contribution >= 4 is 35.1 Å². The Hall–Kier alpha value is -2.13. The van der Waals surface area contributed by atoms with E-state index in [2.05, 4.69) is 31.4 Å². The first-order chi connectivity index (χ1) is 23.0. The molecule has 48 heavy (non-hydrogen) atoms. The summed E-state index contributed by atoms with van der Waals surface area (Å²) in [5.41, 5.74) is 2.11. The summed E-state index contributed by atoms with van der Waals surface area (Å²) in [7, 11) is 0. The molecule has 0 aromatic carbocycles. The highest BCUT2D eigenvalue weighted by atomic mass is 32.2. The van der Waals surface area contributed by atoms with Crippen LogP contribution < -0.4 is 10.6 Å². The van der Waals surface area contributed by atoms with E-state index in [4.69, 9.17) is 0 Å². The van der Waals surface area contributed by atoms with Crippen molar-refractivity contribution in [2.45, 2.75) is 123 Å². The third-order valence-corrected chi connectivity index (χ3v) is 14.8. The molecule has 3 N–H and O–H groups in total. The van der Waals surface area contributed by atoms with Gasteiger partial charge in [0, 0.05) is 31.3 Å². The highest BCUT2D eigenvalue weighted by Gasteiger charge is 2.60. The zero-order valence-electron chi connectivity index (χ0n) is 29.7. The number of rotatable bonds is 11. The fourth-order valence-corrected chi connectivity index (χ4v) is 12.1. The predicted octanol–water partition coefficient (Wildman–Crippen LogP) is 5.79. The standard InChI is InChI=1S/C39H59N3O5S/c1-24(29-10-11-30-28-9-8-26-21-27(43)13-16-38(26,2)31(28)14-17-39(29,30)3)7-12-36(46)40-18-15-25-20-34(44)35(45)22-33(25)42-19-5-6-32(42)37(47)41-23-48-4/h20,22,24,26-32,43H,5-19,21,23H2,1-4H3,(H,40,46)(H,41,47)/t24-,26-,27-,28+,29-,30+,31+,32+,38+,39-/m1/s1. The van der Waals surface area contributed by atoms with E-state index in [1.807, 2.05) is 11.2 Å².